The quantitative estimate of drug-likeness (QED) is 0.742. The third-order valence-corrected chi connectivity index (χ3v) is 2.38. The Morgan fingerprint density at radius 3 is 2.39 bits per heavy atom. The van der Waals surface area contributed by atoms with Gasteiger partial charge >= 0.3 is 0 Å². The van der Waals surface area contributed by atoms with Crippen LogP contribution in [0.25, 0.3) is 0 Å². The first-order valence-corrected chi connectivity index (χ1v) is 5.66. The van der Waals surface area contributed by atoms with Gasteiger partial charge in [0.1, 0.15) is 0 Å². The number of halogens is 1. The average Bonchev–Trinajstić information content (AvgIpc) is 2.40. The number of anilines is 2. The van der Waals surface area contributed by atoms with Gasteiger partial charge in [-0.15, -0.1) is 0 Å². The van der Waals surface area contributed by atoms with Gasteiger partial charge in [-0.1, -0.05) is 0 Å². The van der Waals surface area contributed by atoms with Gasteiger partial charge in [-0.2, -0.15) is 4.98 Å². The third-order valence-electron chi connectivity index (χ3n) is 2.38. The van der Waals surface area contributed by atoms with E-state index < -0.39 is 5.82 Å². The molecule has 1 heterocycles. The van der Waals surface area contributed by atoms with Crippen LogP contribution in [0, 0.1) is 5.82 Å². The van der Waals surface area contributed by atoms with E-state index in [1.54, 1.807) is 26.2 Å². The van der Waals surface area contributed by atoms with Crippen LogP contribution in [0.3, 0.4) is 0 Å². The molecular formula is C11H19FN4O2. The van der Waals surface area contributed by atoms with E-state index in [4.69, 9.17) is 9.47 Å². The SMILES string of the molecule is CNc1ncc(F)c(N(CCOC)CCOC)n1. The predicted molar refractivity (Wildman–Crippen MR) is 67.5 cm³/mol. The summed E-state index contributed by atoms with van der Waals surface area (Å²) >= 11 is 0. The fourth-order valence-corrected chi connectivity index (χ4v) is 1.43. The van der Waals surface area contributed by atoms with Crippen molar-refractivity contribution >= 4 is 11.8 Å². The van der Waals surface area contributed by atoms with Crippen molar-refractivity contribution in [2.75, 3.05) is 57.8 Å². The Hall–Kier alpha value is -1.47. The summed E-state index contributed by atoms with van der Waals surface area (Å²) in [6.45, 7) is 2.05. The van der Waals surface area contributed by atoms with Crippen molar-refractivity contribution in [3.8, 4) is 0 Å². The van der Waals surface area contributed by atoms with Gasteiger partial charge in [0, 0.05) is 34.4 Å². The summed E-state index contributed by atoms with van der Waals surface area (Å²) < 4.78 is 23.7. The molecule has 0 spiro atoms. The molecule has 1 aromatic rings. The first-order chi connectivity index (χ1) is 8.72. The highest BCUT2D eigenvalue weighted by Gasteiger charge is 2.14. The van der Waals surface area contributed by atoms with E-state index >= 15 is 0 Å². The van der Waals surface area contributed by atoms with Crippen LogP contribution in [-0.4, -0.2) is 57.5 Å². The van der Waals surface area contributed by atoms with Crippen LogP contribution >= 0.6 is 0 Å². The molecule has 1 rings (SSSR count). The average molecular weight is 258 g/mol. The lowest BCUT2D eigenvalue weighted by Gasteiger charge is -2.23. The second-order valence-electron chi connectivity index (χ2n) is 3.59. The number of hydrogen-bond donors (Lipinski definition) is 1. The number of nitrogens with zero attached hydrogens (tertiary/aromatic N) is 3. The first-order valence-electron chi connectivity index (χ1n) is 5.66. The molecule has 0 aliphatic heterocycles. The molecule has 102 valence electrons. The molecule has 1 aromatic heterocycles. The van der Waals surface area contributed by atoms with Crippen LogP contribution in [0.2, 0.25) is 0 Å². The highest BCUT2D eigenvalue weighted by molar-refractivity contribution is 5.43. The second kappa shape index (κ2) is 7.78. The molecule has 7 heteroatoms. The molecule has 0 bridgehead atoms. The highest BCUT2D eigenvalue weighted by atomic mass is 19.1. The van der Waals surface area contributed by atoms with Gasteiger partial charge in [-0.25, -0.2) is 9.37 Å². The van der Waals surface area contributed by atoms with Crippen LogP contribution in [0.4, 0.5) is 16.2 Å². The summed E-state index contributed by atoms with van der Waals surface area (Å²) in [5.74, 6) is 0.177. The van der Waals surface area contributed by atoms with Crippen molar-refractivity contribution in [2.24, 2.45) is 0 Å². The summed E-state index contributed by atoms with van der Waals surface area (Å²) in [6, 6.07) is 0. The van der Waals surface area contributed by atoms with Crippen molar-refractivity contribution < 1.29 is 13.9 Å². The molecule has 0 saturated carbocycles. The molecule has 0 aliphatic carbocycles. The van der Waals surface area contributed by atoms with Gasteiger partial charge in [-0.05, 0) is 0 Å². The van der Waals surface area contributed by atoms with E-state index in [1.165, 1.54) is 0 Å². The van der Waals surface area contributed by atoms with E-state index in [9.17, 15) is 4.39 Å². The van der Waals surface area contributed by atoms with E-state index in [0.29, 0.717) is 32.3 Å². The second-order valence-corrected chi connectivity index (χ2v) is 3.59. The van der Waals surface area contributed by atoms with Crippen molar-refractivity contribution in [1.82, 2.24) is 9.97 Å². The van der Waals surface area contributed by atoms with Crippen molar-refractivity contribution in [3.63, 3.8) is 0 Å². The van der Waals surface area contributed by atoms with Gasteiger partial charge in [0.05, 0.1) is 19.4 Å². The predicted octanol–water partition coefficient (Wildman–Crippen LogP) is 0.757. The Kier molecular flexibility index (Phi) is 6.31. The fourth-order valence-electron chi connectivity index (χ4n) is 1.43. The van der Waals surface area contributed by atoms with E-state index in [1.807, 2.05) is 0 Å². The Balaban J connectivity index is 2.87. The molecule has 0 aromatic carbocycles. The minimum absolute atomic E-state index is 0.253. The molecule has 0 unspecified atom stereocenters. The molecule has 0 fully saturated rings. The summed E-state index contributed by atoms with van der Waals surface area (Å²) in [4.78, 5) is 9.70. The number of ether oxygens (including phenoxy) is 2. The molecule has 0 amide bonds. The number of aromatic nitrogens is 2. The maximum Gasteiger partial charge on any atom is 0.224 e. The normalized spacial score (nSPS) is 10.4. The van der Waals surface area contributed by atoms with Crippen molar-refractivity contribution in [2.45, 2.75) is 0 Å². The standard InChI is InChI=1S/C11H19FN4O2/c1-13-11-14-8-9(12)10(15-11)16(4-6-17-2)5-7-18-3/h8H,4-7H2,1-3H3,(H,13,14,15). The number of nitrogens with one attached hydrogen (secondary N) is 1. The minimum Gasteiger partial charge on any atom is -0.383 e. The van der Waals surface area contributed by atoms with Crippen LogP contribution in [0.15, 0.2) is 6.20 Å². The first kappa shape index (κ1) is 14.6. The summed E-state index contributed by atoms with van der Waals surface area (Å²) in [5.41, 5.74) is 0. The van der Waals surface area contributed by atoms with Gasteiger partial charge in [0.2, 0.25) is 5.95 Å². The zero-order valence-electron chi connectivity index (χ0n) is 10.9. The van der Waals surface area contributed by atoms with E-state index in [0.717, 1.165) is 6.20 Å². The van der Waals surface area contributed by atoms with Gasteiger partial charge in [0.15, 0.2) is 11.6 Å². The van der Waals surface area contributed by atoms with Gasteiger partial charge < -0.3 is 19.7 Å². The molecular weight excluding hydrogens is 239 g/mol. The topological polar surface area (TPSA) is 59.5 Å². The van der Waals surface area contributed by atoms with Crippen molar-refractivity contribution in [1.29, 1.82) is 0 Å². The molecule has 0 saturated heterocycles. The minimum atomic E-state index is -0.457. The van der Waals surface area contributed by atoms with Gasteiger partial charge in [0.25, 0.3) is 0 Å². The smallest absolute Gasteiger partial charge is 0.224 e. The maximum absolute atomic E-state index is 13.7. The third kappa shape index (κ3) is 4.08. The number of hydrogen-bond acceptors (Lipinski definition) is 6. The Morgan fingerprint density at radius 1 is 1.28 bits per heavy atom. The van der Waals surface area contributed by atoms with E-state index in [-0.39, 0.29) is 5.82 Å². The van der Waals surface area contributed by atoms with Gasteiger partial charge in [-0.3, -0.25) is 0 Å². The molecule has 6 nitrogen and oxygen atoms in total. The number of methoxy groups -OCH3 is 2. The lowest BCUT2D eigenvalue weighted by molar-refractivity contribution is 0.189. The zero-order valence-corrected chi connectivity index (χ0v) is 10.9. The van der Waals surface area contributed by atoms with E-state index in [2.05, 4.69) is 15.3 Å². The molecule has 0 aliphatic rings. The lowest BCUT2D eigenvalue weighted by atomic mass is 10.4. The Bertz CT molecular complexity index is 357. The summed E-state index contributed by atoms with van der Waals surface area (Å²) in [6.07, 6.45) is 1.15. The monoisotopic (exact) mass is 258 g/mol. The fraction of sp³-hybridized carbons (Fsp3) is 0.636. The molecule has 0 atom stereocenters. The molecule has 0 radical (unpaired) electrons. The largest absolute Gasteiger partial charge is 0.383 e. The lowest BCUT2D eigenvalue weighted by Crippen LogP contribution is -2.32. The zero-order chi connectivity index (χ0) is 13.4. The maximum atomic E-state index is 13.7. The van der Waals surface area contributed by atoms with Crippen molar-refractivity contribution in [3.05, 3.63) is 12.0 Å². The summed E-state index contributed by atoms with van der Waals surface area (Å²) in [5, 5.41) is 2.78. The molecule has 18 heavy (non-hydrogen) atoms. The summed E-state index contributed by atoms with van der Waals surface area (Å²) in [7, 11) is 4.89. The Labute approximate surface area is 106 Å². The highest BCUT2D eigenvalue weighted by Crippen LogP contribution is 2.16. The van der Waals surface area contributed by atoms with Crippen LogP contribution < -0.4 is 10.2 Å². The molecule has 1 N–H and O–H groups in total. The van der Waals surface area contributed by atoms with Crippen LogP contribution in [-0.2, 0) is 9.47 Å². The number of rotatable bonds is 8. The van der Waals surface area contributed by atoms with Crippen LogP contribution in [0.1, 0.15) is 0 Å². The van der Waals surface area contributed by atoms with Crippen LogP contribution in [0.5, 0.6) is 0 Å². The Morgan fingerprint density at radius 2 is 1.89 bits per heavy atom.